The zero-order valence-electron chi connectivity index (χ0n) is 11.9. The smallest absolute Gasteiger partial charge is 0.140 e. The van der Waals surface area contributed by atoms with Crippen molar-refractivity contribution in [2.75, 3.05) is 6.54 Å². The summed E-state index contributed by atoms with van der Waals surface area (Å²) in [6, 6.07) is 12.5. The Hall–Kier alpha value is -1.84. The molecule has 0 fully saturated rings. The fourth-order valence-corrected chi connectivity index (χ4v) is 3.22. The maximum atomic E-state index is 6.06. The van der Waals surface area contributed by atoms with Gasteiger partial charge in [0, 0.05) is 24.2 Å². The molecule has 21 heavy (non-hydrogen) atoms. The van der Waals surface area contributed by atoms with Crippen molar-refractivity contribution in [2.45, 2.75) is 13.0 Å². The van der Waals surface area contributed by atoms with Gasteiger partial charge in [-0.2, -0.15) is 0 Å². The summed E-state index contributed by atoms with van der Waals surface area (Å²) in [5.41, 5.74) is 6.02. The second kappa shape index (κ2) is 4.86. The number of aromatic nitrogens is 2. The van der Waals surface area contributed by atoms with E-state index in [0.717, 1.165) is 47.0 Å². The van der Waals surface area contributed by atoms with Crippen molar-refractivity contribution >= 4 is 22.6 Å². The quantitative estimate of drug-likeness (QED) is 0.744. The number of hydrogen-bond acceptors (Lipinski definition) is 2. The fraction of sp³-hybridized carbons (Fsp3) is 0.235. The first-order valence-corrected chi connectivity index (χ1v) is 7.55. The monoisotopic (exact) mass is 297 g/mol. The molecule has 4 rings (SSSR count). The third-order valence-corrected chi connectivity index (χ3v) is 4.43. The molecule has 0 bridgehead atoms. The van der Waals surface area contributed by atoms with E-state index in [1.54, 1.807) is 0 Å². The van der Waals surface area contributed by atoms with Gasteiger partial charge < -0.3 is 9.88 Å². The van der Waals surface area contributed by atoms with Gasteiger partial charge in [-0.15, -0.1) is 0 Å². The average molecular weight is 298 g/mol. The van der Waals surface area contributed by atoms with Crippen molar-refractivity contribution in [3.05, 3.63) is 52.5 Å². The van der Waals surface area contributed by atoms with Crippen molar-refractivity contribution in [1.29, 1.82) is 0 Å². The number of aryl methyl sites for hydroxylation is 1. The first-order valence-electron chi connectivity index (χ1n) is 7.17. The van der Waals surface area contributed by atoms with Gasteiger partial charge in [0.25, 0.3) is 0 Å². The first kappa shape index (κ1) is 12.9. The lowest BCUT2D eigenvalue weighted by Gasteiger charge is -2.17. The van der Waals surface area contributed by atoms with Crippen LogP contribution in [0.1, 0.15) is 11.1 Å². The maximum Gasteiger partial charge on any atom is 0.140 e. The minimum Gasteiger partial charge on any atom is -0.327 e. The van der Waals surface area contributed by atoms with Crippen molar-refractivity contribution in [2.24, 2.45) is 7.05 Å². The number of nitrogens with one attached hydrogen (secondary N) is 1. The van der Waals surface area contributed by atoms with E-state index in [1.165, 1.54) is 11.1 Å². The largest absolute Gasteiger partial charge is 0.327 e. The van der Waals surface area contributed by atoms with Crippen molar-refractivity contribution in [1.82, 2.24) is 14.9 Å². The van der Waals surface area contributed by atoms with E-state index in [9.17, 15) is 0 Å². The summed E-state index contributed by atoms with van der Waals surface area (Å²) in [6.07, 6.45) is 1.10. The molecule has 106 valence electrons. The fourth-order valence-electron chi connectivity index (χ4n) is 3.05. The Kier molecular flexibility index (Phi) is 2.98. The molecule has 0 spiro atoms. The zero-order chi connectivity index (χ0) is 14.4. The molecule has 3 aromatic rings. The Morgan fingerprint density at radius 3 is 2.95 bits per heavy atom. The molecule has 4 heteroatoms. The van der Waals surface area contributed by atoms with Gasteiger partial charge in [0.1, 0.15) is 5.82 Å². The molecule has 0 saturated heterocycles. The van der Waals surface area contributed by atoms with E-state index in [1.807, 2.05) is 18.2 Å². The SMILES string of the molecule is Cn1c(-c2ccc3c(c2)CNCC3)nc2cc(Cl)ccc21. The summed E-state index contributed by atoms with van der Waals surface area (Å²) in [6.45, 7) is 2.01. The van der Waals surface area contributed by atoms with E-state index in [4.69, 9.17) is 16.6 Å². The average Bonchev–Trinajstić information content (AvgIpc) is 2.83. The molecule has 3 nitrogen and oxygen atoms in total. The van der Waals surface area contributed by atoms with E-state index >= 15 is 0 Å². The molecule has 1 N–H and O–H groups in total. The lowest BCUT2D eigenvalue weighted by atomic mass is 9.98. The highest BCUT2D eigenvalue weighted by molar-refractivity contribution is 6.31. The van der Waals surface area contributed by atoms with E-state index < -0.39 is 0 Å². The molecule has 0 radical (unpaired) electrons. The van der Waals surface area contributed by atoms with Crippen LogP contribution in [0.4, 0.5) is 0 Å². The van der Waals surface area contributed by atoms with E-state index in [0.29, 0.717) is 0 Å². The number of imidazole rings is 1. The van der Waals surface area contributed by atoms with Crippen LogP contribution < -0.4 is 5.32 Å². The highest BCUT2D eigenvalue weighted by Crippen LogP contribution is 2.27. The van der Waals surface area contributed by atoms with Gasteiger partial charge in [0.2, 0.25) is 0 Å². The molecular formula is C17H16ClN3. The molecule has 0 aliphatic carbocycles. The Morgan fingerprint density at radius 2 is 2.05 bits per heavy atom. The number of benzene rings is 2. The summed E-state index contributed by atoms with van der Waals surface area (Å²) in [4.78, 5) is 4.75. The molecular weight excluding hydrogens is 282 g/mol. The van der Waals surface area contributed by atoms with Gasteiger partial charge in [0.05, 0.1) is 11.0 Å². The van der Waals surface area contributed by atoms with E-state index in [-0.39, 0.29) is 0 Å². The number of nitrogens with zero attached hydrogens (tertiary/aromatic N) is 2. The number of hydrogen-bond donors (Lipinski definition) is 1. The first-order chi connectivity index (χ1) is 10.2. The molecule has 0 saturated carbocycles. The molecule has 2 aromatic carbocycles. The van der Waals surface area contributed by atoms with Gasteiger partial charge in [-0.3, -0.25) is 0 Å². The van der Waals surface area contributed by atoms with Crippen LogP contribution in [0.15, 0.2) is 36.4 Å². The van der Waals surface area contributed by atoms with Crippen LogP contribution in [0.25, 0.3) is 22.4 Å². The highest BCUT2D eigenvalue weighted by Gasteiger charge is 2.14. The van der Waals surface area contributed by atoms with Crippen LogP contribution in [0.2, 0.25) is 5.02 Å². The number of halogens is 1. The van der Waals surface area contributed by atoms with Crippen LogP contribution in [0, 0.1) is 0 Å². The van der Waals surface area contributed by atoms with Gasteiger partial charge >= 0.3 is 0 Å². The highest BCUT2D eigenvalue weighted by atomic mass is 35.5. The maximum absolute atomic E-state index is 6.06. The molecule has 0 unspecified atom stereocenters. The summed E-state index contributed by atoms with van der Waals surface area (Å²) < 4.78 is 2.13. The Labute approximate surface area is 128 Å². The molecule has 1 aromatic heterocycles. The van der Waals surface area contributed by atoms with Gasteiger partial charge in [-0.25, -0.2) is 4.98 Å². The molecule has 0 amide bonds. The summed E-state index contributed by atoms with van der Waals surface area (Å²) in [5.74, 6) is 0.987. The standard InChI is InChI=1S/C17H16ClN3/c1-21-16-5-4-14(18)9-15(16)20-17(21)12-3-2-11-6-7-19-10-13(11)8-12/h2-5,8-9,19H,6-7,10H2,1H3. The van der Waals surface area contributed by atoms with Crippen LogP contribution in [-0.2, 0) is 20.0 Å². The van der Waals surface area contributed by atoms with Crippen molar-refractivity contribution < 1.29 is 0 Å². The molecule has 1 aliphatic heterocycles. The van der Waals surface area contributed by atoms with E-state index in [2.05, 4.69) is 35.1 Å². The Bertz CT molecular complexity index is 835. The topological polar surface area (TPSA) is 29.9 Å². The van der Waals surface area contributed by atoms with Crippen molar-refractivity contribution in [3.8, 4) is 11.4 Å². The zero-order valence-corrected chi connectivity index (χ0v) is 12.6. The van der Waals surface area contributed by atoms with Crippen LogP contribution >= 0.6 is 11.6 Å². The Balaban J connectivity index is 1.88. The number of fused-ring (bicyclic) bond motifs is 2. The van der Waals surface area contributed by atoms with Crippen LogP contribution in [0.5, 0.6) is 0 Å². The third kappa shape index (κ3) is 2.13. The summed E-state index contributed by atoms with van der Waals surface area (Å²) in [7, 11) is 2.05. The third-order valence-electron chi connectivity index (χ3n) is 4.19. The minimum atomic E-state index is 0.724. The summed E-state index contributed by atoms with van der Waals surface area (Å²) >= 11 is 6.06. The lowest BCUT2D eigenvalue weighted by Crippen LogP contribution is -2.23. The molecule has 0 atom stereocenters. The second-order valence-corrected chi connectivity index (χ2v) is 5.97. The van der Waals surface area contributed by atoms with Crippen LogP contribution in [-0.4, -0.2) is 16.1 Å². The predicted octanol–water partition coefficient (Wildman–Crippen LogP) is 3.54. The molecule has 1 aliphatic rings. The lowest BCUT2D eigenvalue weighted by molar-refractivity contribution is 0.644. The van der Waals surface area contributed by atoms with Crippen LogP contribution in [0.3, 0.4) is 0 Å². The second-order valence-electron chi connectivity index (χ2n) is 5.54. The normalized spacial score (nSPS) is 14.4. The minimum absolute atomic E-state index is 0.724. The van der Waals surface area contributed by atoms with Crippen molar-refractivity contribution in [3.63, 3.8) is 0 Å². The molecule has 2 heterocycles. The van der Waals surface area contributed by atoms with Gasteiger partial charge in [-0.1, -0.05) is 23.7 Å². The summed E-state index contributed by atoms with van der Waals surface area (Å²) in [5, 5.41) is 4.15. The predicted molar refractivity (Wildman–Crippen MR) is 86.6 cm³/mol. The van der Waals surface area contributed by atoms with Gasteiger partial charge in [-0.05, 0) is 48.4 Å². The Morgan fingerprint density at radius 1 is 1.14 bits per heavy atom. The number of rotatable bonds is 1. The van der Waals surface area contributed by atoms with Gasteiger partial charge in [0.15, 0.2) is 0 Å².